The molecule has 0 saturated heterocycles. The molecular weight excluding hydrogens is 226 g/mol. The van der Waals surface area contributed by atoms with Crippen LogP contribution in [0.15, 0.2) is 18.2 Å². The quantitative estimate of drug-likeness (QED) is 0.782. The summed E-state index contributed by atoms with van der Waals surface area (Å²) in [5, 5.41) is 13.1. The van der Waals surface area contributed by atoms with Gasteiger partial charge in [-0.15, -0.1) is 0 Å². The Morgan fingerprint density at radius 3 is 2.67 bits per heavy atom. The molecule has 1 atom stereocenters. The van der Waals surface area contributed by atoms with Crippen LogP contribution in [0.3, 0.4) is 0 Å². The van der Waals surface area contributed by atoms with E-state index in [-0.39, 0.29) is 5.92 Å². The first-order chi connectivity index (χ1) is 8.56. The van der Waals surface area contributed by atoms with Crippen LogP contribution in [0.25, 0.3) is 0 Å². The van der Waals surface area contributed by atoms with E-state index in [1.165, 1.54) is 0 Å². The number of rotatable bonds is 7. The first-order valence-electron chi connectivity index (χ1n) is 6.66. The van der Waals surface area contributed by atoms with Gasteiger partial charge in [-0.3, -0.25) is 0 Å². The summed E-state index contributed by atoms with van der Waals surface area (Å²) in [7, 11) is 0. The highest BCUT2D eigenvalue weighted by Crippen LogP contribution is 2.23. The molecule has 0 aromatic heterocycles. The molecular formula is C15H25NO2. The number of ether oxygens (including phenoxy) is 1. The van der Waals surface area contributed by atoms with Gasteiger partial charge in [0.25, 0.3) is 0 Å². The number of nitrogens with one attached hydrogen (secondary N) is 1. The van der Waals surface area contributed by atoms with Crippen LogP contribution in [0.1, 0.15) is 31.9 Å². The second-order valence-corrected chi connectivity index (χ2v) is 4.97. The topological polar surface area (TPSA) is 41.5 Å². The Morgan fingerprint density at radius 2 is 2.06 bits per heavy atom. The van der Waals surface area contributed by atoms with Crippen molar-refractivity contribution < 1.29 is 9.84 Å². The molecule has 102 valence electrons. The monoisotopic (exact) mass is 251 g/mol. The van der Waals surface area contributed by atoms with E-state index in [9.17, 15) is 5.11 Å². The number of para-hydroxylation sites is 1. The maximum Gasteiger partial charge on any atom is 0.126 e. The van der Waals surface area contributed by atoms with Gasteiger partial charge in [0, 0.05) is 12.1 Å². The highest BCUT2D eigenvalue weighted by atomic mass is 16.5. The molecule has 0 amide bonds. The third-order valence-corrected chi connectivity index (χ3v) is 3.03. The fourth-order valence-electron chi connectivity index (χ4n) is 1.68. The average Bonchev–Trinajstić information content (AvgIpc) is 2.34. The van der Waals surface area contributed by atoms with Crippen LogP contribution in [0.5, 0.6) is 5.75 Å². The summed E-state index contributed by atoms with van der Waals surface area (Å²) < 4.78 is 5.80. The fraction of sp³-hybridized carbons (Fsp3) is 0.600. The first kappa shape index (κ1) is 15.0. The van der Waals surface area contributed by atoms with Gasteiger partial charge in [-0.25, -0.2) is 0 Å². The summed E-state index contributed by atoms with van der Waals surface area (Å²) in [4.78, 5) is 0. The summed E-state index contributed by atoms with van der Waals surface area (Å²) in [5.41, 5.74) is 2.26. The maximum atomic E-state index is 9.80. The Kier molecular flexibility index (Phi) is 6.16. The van der Waals surface area contributed by atoms with Gasteiger partial charge in [0.05, 0.1) is 6.10 Å². The molecule has 1 unspecified atom stereocenters. The minimum absolute atomic E-state index is 0.214. The number of aliphatic hydroxyl groups excluding tert-OH is 1. The molecule has 0 heterocycles. The molecule has 18 heavy (non-hydrogen) atoms. The van der Waals surface area contributed by atoms with Crippen molar-refractivity contribution in [3.8, 4) is 5.75 Å². The zero-order chi connectivity index (χ0) is 13.5. The van der Waals surface area contributed by atoms with Gasteiger partial charge in [0.15, 0.2) is 0 Å². The van der Waals surface area contributed by atoms with Gasteiger partial charge < -0.3 is 15.2 Å². The predicted molar refractivity (Wildman–Crippen MR) is 74.9 cm³/mol. The SMILES string of the molecule is CCNCc1cccc(C)c1OCC(O)C(C)C. The largest absolute Gasteiger partial charge is 0.490 e. The molecule has 1 aromatic carbocycles. The normalized spacial score (nSPS) is 12.8. The Balaban J connectivity index is 2.73. The minimum atomic E-state index is -0.420. The van der Waals surface area contributed by atoms with Crippen molar-refractivity contribution in [3.05, 3.63) is 29.3 Å². The van der Waals surface area contributed by atoms with Crippen molar-refractivity contribution in [1.29, 1.82) is 0 Å². The summed E-state index contributed by atoms with van der Waals surface area (Å²) in [5.74, 6) is 1.12. The van der Waals surface area contributed by atoms with Crippen LogP contribution < -0.4 is 10.1 Å². The molecule has 0 aliphatic rings. The molecule has 0 radical (unpaired) electrons. The molecule has 0 aliphatic heterocycles. The maximum absolute atomic E-state index is 9.80. The Morgan fingerprint density at radius 1 is 1.33 bits per heavy atom. The van der Waals surface area contributed by atoms with E-state index in [1.54, 1.807) is 0 Å². The lowest BCUT2D eigenvalue weighted by molar-refractivity contribution is 0.0694. The highest BCUT2D eigenvalue weighted by molar-refractivity contribution is 5.40. The summed E-state index contributed by atoms with van der Waals surface area (Å²) in [6, 6.07) is 6.13. The lowest BCUT2D eigenvalue weighted by Gasteiger charge is -2.19. The van der Waals surface area contributed by atoms with Crippen LogP contribution in [0.2, 0.25) is 0 Å². The van der Waals surface area contributed by atoms with Crippen LogP contribution in [-0.4, -0.2) is 24.4 Å². The number of hydrogen-bond donors (Lipinski definition) is 2. The lowest BCUT2D eigenvalue weighted by atomic mass is 10.1. The lowest BCUT2D eigenvalue weighted by Crippen LogP contribution is -2.24. The van der Waals surface area contributed by atoms with Crippen LogP contribution in [-0.2, 0) is 6.54 Å². The van der Waals surface area contributed by atoms with Gasteiger partial charge in [0.2, 0.25) is 0 Å². The van der Waals surface area contributed by atoms with E-state index >= 15 is 0 Å². The zero-order valence-electron chi connectivity index (χ0n) is 11.9. The van der Waals surface area contributed by atoms with Gasteiger partial charge in [-0.05, 0) is 24.9 Å². The molecule has 0 aliphatic carbocycles. The van der Waals surface area contributed by atoms with E-state index in [0.29, 0.717) is 6.61 Å². The zero-order valence-corrected chi connectivity index (χ0v) is 11.9. The summed E-state index contributed by atoms with van der Waals surface area (Å²) in [6.07, 6.45) is -0.420. The third-order valence-electron chi connectivity index (χ3n) is 3.03. The summed E-state index contributed by atoms with van der Waals surface area (Å²) >= 11 is 0. The van der Waals surface area contributed by atoms with Gasteiger partial charge in [-0.2, -0.15) is 0 Å². The van der Waals surface area contributed by atoms with Crippen LogP contribution in [0.4, 0.5) is 0 Å². The van der Waals surface area contributed by atoms with E-state index in [1.807, 2.05) is 32.9 Å². The van der Waals surface area contributed by atoms with Gasteiger partial charge in [-0.1, -0.05) is 39.0 Å². The first-order valence-corrected chi connectivity index (χ1v) is 6.66. The Labute approximate surface area is 110 Å². The second-order valence-electron chi connectivity index (χ2n) is 4.97. The second kappa shape index (κ2) is 7.39. The Hall–Kier alpha value is -1.06. The number of benzene rings is 1. The minimum Gasteiger partial charge on any atom is -0.490 e. The molecule has 2 N–H and O–H groups in total. The third kappa shape index (κ3) is 4.31. The van der Waals surface area contributed by atoms with Crippen molar-refractivity contribution in [2.24, 2.45) is 5.92 Å². The van der Waals surface area contributed by atoms with Crippen molar-refractivity contribution in [1.82, 2.24) is 5.32 Å². The smallest absolute Gasteiger partial charge is 0.126 e. The van der Waals surface area contributed by atoms with Crippen molar-refractivity contribution in [3.63, 3.8) is 0 Å². The molecule has 3 heteroatoms. The molecule has 3 nitrogen and oxygen atoms in total. The van der Waals surface area contributed by atoms with E-state index < -0.39 is 6.10 Å². The highest BCUT2D eigenvalue weighted by Gasteiger charge is 2.12. The van der Waals surface area contributed by atoms with Crippen LogP contribution >= 0.6 is 0 Å². The molecule has 0 bridgehead atoms. The predicted octanol–water partition coefficient (Wildman–Crippen LogP) is 2.50. The molecule has 1 aromatic rings. The molecule has 0 fully saturated rings. The average molecular weight is 251 g/mol. The summed E-state index contributed by atoms with van der Waals surface area (Å²) in [6.45, 7) is 10.2. The van der Waals surface area contributed by atoms with E-state index in [2.05, 4.69) is 18.3 Å². The van der Waals surface area contributed by atoms with E-state index in [4.69, 9.17) is 4.74 Å². The standard InChI is InChI=1S/C15H25NO2/c1-5-16-9-13-8-6-7-12(4)15(13)18-10-14(17)11(2)3/h6-8,11,14,16-17H,5,9-10H2,1-4H3. The molecule has 1 rings (SSSR count). The Bertz CT molecular complexity index is 364. The fourth-order valence-corrected chi connectivity index (χ4v) is 1.68. The van der Waals surface area contributed by atoms with Crippen molar-refractivity contribution in [2.75, 3.05) is 13.2 Å². The van der Waals surface area contributed by atoms with Crippen molar-refractivity contribution >= 4 is 0 Å². The number of aryl methyl sites for hydroxylation is 1. The molecule has 0 spiro atoms. The number of aliphatic hydroxyl groups is 1. The van der Waals surface area contributed by atoms with Gasteiger partial charge in [0.1, 0.15) is 12.4 Å². The van der Waals surface area contributed by atoms with Crippen LogP contribution in [0, 0.1) is 12.8 Å². The van der Waals surface area contributed by atoms with Crippen molar-refractivity contribution in [2.45, 2.75) is 40.3 Å². The molecule has 0 saturated carbocycles. The van der Waals surface area contributed by atoms with E-state index in [0.717, 1.165) is 30.0 Å². The van der Waals surface area contributed by atoms with Gasteiger partial charge >= 0.3 is 0 Å². The number of hydrogen-bond acceptors (Lipinski definition) is 3.